The van der Waals surface area contributed by atoms with Crippen LogP contribution in [0.3, 0.4) is 0 Å². The topological polar surface area (TPSA) is 146 Å². The van der Waals surface area contributed by atoms with Crippen molar-refractivity contribution in [2.45, 2.75) is 32.6 Å². The molecule has 0 aliphatic rings. The Balaban J connectivity index is 0.000000981. The van der Waals surface area contributed by atoms with Crippen molar-refractivity contribution in [2.75, 3.05) is 6.54 Å². The number of nitrogens with zero attached hydrogens (tertiary/aromatic N) is 1. The zero-order valence-corrected chi connectivity index (χ0v) is 19.2. The predicted molar refractivity (Wildman–Crippen MR) is 124 cm³/mol. The van der Waals surface area contributed by atoms with Gasteiger partial charge in [0.25, 0.3) is 0 Å². The molecular weight excluding hydrogens is 451 g/mol. The lowest BCUT2D eigenvalue weighted by molar-refractivity contribution is -0.257. The average molecular weight is 480 g/mol. The molecule has 11 heteroatoms. The predicted octanol–water partition coefficient (Wildman–Crippen LogP) is 4.00. The van der Waals surface area contributed by atoms with Crippen LogP contribution in [0, 0.1) is 0 Å². The first-order valence-corrected chi connectivity index (χ1v) is 11.7. The van der Waals surface area contributed by atoms with Gasteiger partial charge in [-0.25, -0.2) is 9.36 Å². The van der Waals surface area contributed by atoms with Gasteiger partial charge in [0.1, 0.15) is 0 Å². The molecule has 2 rings (SSSR count). The maximum absolute atomic E-state index is 12.5. The van der Waals surface area contributed by atoms with Crippen molar-refractivity contribution in [2.24, 2.45) is 0 Å². The van der Waals surface area contributed by atoms with Crippen molar-refractivity contribution in [3.63, 3.8) is 0 Å². The van der Waals surface area contributed by atoms with Gasteiger partial charge in [-0.05, 0) is 24.3 Å². The van der Waals surface area contributed by atoms with E-state index in [1.165, 1.54) is 12.2 Å². The molecule has 0 radical (unpaired) electrons. The van der Waals surface area contributed by atoms with E-state index in [1.54, 1.807) is 18.2 Å². The highest BCUT2D eigenvalue weighted by molar-refractivity contribution is 7.45. The number of carbonyl (C=O) groups is 2. The summed E-state index contributed by atoms with van der Waals surface area (Å²) in [6, 6.07) is 13.0. The molecule has 2 aromatic rings. The number of carbonyl (C=O) groups excluding carboxylic acids is 2. The number of amides is 2. The molecule has 10 nitrogen and oxygen atoms in total. The number of nitrogens with one attached hydrogen (secondary N) is 1. The largest absolute Gasteiger partial charge is 0.466 e. The fraction of sp³-hybridized carbons (Fsp3) is 0.273. The van der Waals surface area contributed by atoms with Gasteiger partial charge in [0.15, 0.2) is 5.75 Å². The van der Waals surface area contributed by atoms with Crippen molar-refractivity contribution in [1.82, 2.24) is 10.5 Å². The van der Waals surface area contributed by atoms with Gasteiger partial charge < -0.3 is 24.8 Å². The number of unbranched alkanes of at least 4 members (excludes halogenated alkanes) is 3. The summed E-state index contributed by atoms with van der Waals surface area (Å²) in [6.07, 6.45) is 7.75. The zero-order valence-electron chi connectivity index (χ0n) is 18.3. The molecule has 4 N–H and O–H groups in total. The Bertz CT molecular complexity index is 976. The second-order valence-corrected chi connectivity index (χ2v) is 7.65. The number of phosphoric acid groups is 1. The molecule has 180 valence electrons. The van der Waals surface area contributed by atoms with E-state index in [4.69, 9.17) is 28.9 Å². The maximum Gasteiger partial charge on any atom is 0.466 e. The molecule has 0 atom stereocenters. The lowest BCUT2D eigenvalue weighted by Crippen LogP contribution is -2.39. The summed E-state index contributed by atoms with van der Waals surface area (Å²) in [4.78, 5) is 56.7. The molecule has 0 saturated heterocycles. The van der Waals surface area contributed by atoms with Crippen LogP contribution in [0.15, 0.2) is 67.3 Å². The molecular formula is C22H29N2O8P. The fourth-order valence-corrected chi connectivity index (χ4v) is 2.49. The number of benzene rings is 2. The Kier molecular flexibility index (Phi) is 12.5. The molecule has 0 aliphatic heterocycles. The molecule has 0 saturated carbocycles. The Hall–Kier alpha value is -3.17. The highest BCUT2D eigenvalue weighted by Crippen LogP contribution is 2.26. The Labute approximate surface area is 192 Å². The summed E-state index contributed by atoms with van der Waals surface area (Å²) in [6.45, 7) is 5.85. The molecule has 0 unspecified atom stereocenters. The van der Waals surface area contributed by atoms with Crippen LogP contribution >= 0.6 is 7.82 Å². The summed E-state index contributed by atoms with van der Waals surface area (Å²) in [5, 5.41) is 4.78. The number of hydrogen-bond acceptors (Lipinski definition) is 5. The SMILES string of the molecule is C=CCNC(=O)ON(Oc1cccc2ccccc12)C(=O)C=CCCCCC.O=P(O)(O)O. The molecule has 2 aromatic carbocycles. The second kappa shape index (κ2) is 14.8. The molecule has 0 bridgehead atoms. The summed E-state index contributed by atoms with van der Waals surface area (Å²) >= 11 is 0. The molecule has 33 heavy (non-hydrogen) atoms. The first-order valence-electron chi connectivity index (χ1n) is 10.2. The van der Waals surface area contributed by atoms with E-state index in [0.29, 0.717) is 11.0 Å². The third-order valence-electron chi connectivity index (χ3n) is 3.90. The van der Waals surface area contributed by atoms with Crippen LogP contribution < -0.4 is 10.2 Å². The minimum Gasteiger partial charge on any atom is -0.342 e. The van der Waals surface area contributed by atoms with Gasteiger partial charge >= 0.3 is 19.8 Å². The van der Waals surface area contributed by atoms with Crippen LogP contribution in [0.4, 0.5) is 4.79 Å². The van der Waals surface area contributed by atoms with Gasteiger partial charge in [0.2, 0.25) is 0 Å². The number of hydrogen-bond donors (Lipinski definition) is 4. The smallest absolute Gasteiger partial charge is 0.342 e. The highest BCUT2D eigenvalue weighted by atomic mass is 31.2. The highest BCUT2D eigenvalue weighted by Gasteiger charge is 2.20. The first kappa shape index (κ1) is 27.9. The van der Waals surface area contributed by atoms with Gasteiger partial charge in [0.05, 0.1) is 0 Å². The summed E-state index contributed by atoms with van der Waals surface area (Å²) in [7, 11) is -4.64. The van der Waals surface area contributed by atoms with Crippen LogP contribution in [0.2, 0.25) is 0 Å². The lowest BCUT2D eigenvalue weighted by Gasteiger charge is -2.20. The van der Waals surface area contributed by atoms with Gasteiger partial charge in [-0.3, -0.25) is 9.63 Å². The van der Waals surface area contributed by atoms with E-state index < -0.39 is 19.8 Å². The van der Waals surface area contributed by atoms with Crippen LogP contribution in [-0.4, -0.2) is 38.5 Å². The van der Waals surface area contributed by atoms with E-state index in [0.717, 1.165) is 36.5 Å². The summed E-state index contributed by atoms with van der Waals surface area (Å²) in [5.41, 5.74) is 0. The second-order valence-electron chi connectivity index (χ2n) is 6.62. The summed E-state index contributed by atoms with van der Waals surface area (Å²) in [5.74, 6) is -0.180. The van der Waals surface area contributed by atoms with E-state index in [1.807, 2.05) is 30.3 Å². The number of rotatable bonds is 9. The minimum absolute atomic E-state index is 0.210. The zero-order chi connectivity index (χ0) is 24.7. The third-order valence-corrected chi connectivity index (χ3v) is 3.90. The van der Waals surface area contributed by atoms with Gasteiger partial charge in [-0.1, -0.05) is 68.3 Å². The Morgan fingerprint density at radius 1 is 1.12 bits per heavy atom. The molecule has 2 amide bonds. The van der Waals surface area contributed by atoms with E-state index >= 15 is 0 Å². The number of allylic oxidation sites excluding steroid dienone is 1. The normalized spacial score (nSPS) is 10.8. The number of fused-ring (bicyclic) bond motifs is 1. The van der Waals surface area contributed by atoms with Crippen LogP contribution in [0.1, 0.15) is 32.6 Å². The molecule has 0 aliphatic carbocycles. The van der Waals surface area contributed by atoms with Crippen LogP contribution in [0.25, 0.3) is 10.8 Å². The Morgan fingerprint density at radius 3 is 2.45 bits per heavy atom. The molecule has 0 fully saturated rings. The van der Waals surface area contributed by atoms with E-state index in [9.17, 15) is 9.59 Å². The van der Waals surface area contributed by atoms with Crippen LogP contribution in [-0.2, 0) is 14.2 Å². The average Bonchev–Trinajstić information content (AvgIpc) is 2.76. The molecule has 0 heterocycles. The third kappa shape index (κ3) is 12.4. The monoisotopic (exact) mass is 480 g/mol. The standard InChI is InChI=1S/C22H26N2O4.H3O4P/c1-3-5-6-7-8-16-21(25)24(28-22(26)23-17-4-2)27-20-15-11-13-18-12-9-10-14-19(18)20;1-5(2,3)4/h4,8-16H,2-3,5-7,17H2,1H3,(H,23,26);(H3,1,2,3,4). The molecule has 0 aromatic heterocycles. The van der Waals surface area contributed by atoms with Crippen molar-refractivity contribution in [1.29, 1.82) is 0 Å². The van der Waals surface area contributed by atoms with E-state index in [-0.39, 0.29) is 6.54 Å². The van der Waals surface area contributed by atoms with Crippen LogP contribution in [0.5, 0.6) is 5.75 Å². The minimum atomic E-state index is -4.64. The number of hydroxylamine groups is 2. The molecule has 0 spiro atoms. The maximum atomic E-state index is 12.5. The van der Waals surface area contributed by atoms with Crippen molar-refractivity contribution >= 4 is 30.6 Å². The fourth-order valence-electron chi connectivity index (χ4n) is 2.49. The van der Waals surface area contributed by atoms with E-state index in [2.05, 4.69) is 18.8 Å². The Morgan fingerprint density at radius 2 is 1.79 bits per heavy atom. The lowest BCUT2D eigenvalue weighted by atomic mass is 10.1. The van der Waals surface area contributed by atoms with Crippen molar-refractivity contribution in [3.05, 3.63) is 67.3 Å². The van der Waals surface area contributed by atoms with Crippen molar-refractivity contribution in [3.8, 4) is 5.75 Å². The van der Waals surface area contributed by atoms with Gasteiger partial charge in [-0.2, -0.15) is 0 Å². The summed E-state index contributed by atoms with van der Waals surface area (Å²) < 4.78 is 8.88. The quantitative estimate of drug-likeness (QED) is 0.139. The first-order chi connectivity index (χ1) is 15.7. The van der Waals surface area contributed by atoms with Gasteiger partial charge in [0, 0.05) is 23.2 Å². The van der Waals surface area contributed by atoms with Gasteiger partial charge in [-0.15, -0.1) is 6.58 Å². The van der Waals surface area contributed by atoms with Crippen molar-refractivity contribution < 1.29 is 38.5 Å².